The fourth-order valence-corrected chi connectivity index (χ4v) is 4.31. The van der Waals surface area contributed by atoms with E-state index in [-0.39, 0.29) is 18.0 Å². The lowest BCUT2D eigenvalue weighted by molar-refractivity contribution is -0.116. The molecule has 0 saturated heterocycles. The summed E-state index contributed by atoms with van der Waals surface area (Å²) in [6.45, 7) is 0.386. The predicted molar refractivity (Wildman–Crippen MR) is 117 cm³/mol. The number of para-hydroxylation sites is 2. The molecule has 10 heteroatoms. The molecule has 0 spiro atoms. The largest absolute Gasteiger partial charge is 0.493 e. The van der Waals surface area contributed by atoms with Gasteiger partial charge in [0, 0.05) is 5.75 Å². The van der Waals surface area contributed by atoms with E-state index in [0.717, 1.165) is 10.1 Å². The van der Waals surface area contributed by atoms with Crippen LogP contribution in [-0.2, 0) is 11.3 Å². The number of hydrogen-bond donors (Lipinski definition) is 1. The molecule has 8 nitrogen and oxygen atoms in total. The Labute approximate surface area is 179 Å². The minimum Gasteiger partial charge on any atom is -0.493 e. The van der Waals surface area contributed by atoms with Crippen molar-refractivity contribution in [3.8, 4) is 5.75 Å². The number of hydrogen-bond acceptors (Lipinski definition) is 8. The van der Waals surface area contributed by atoms with Gasteiger partial charge in [0.1, 0.15) is 12.3 Å². The minimum atomic E-state index is -0.366. The third-order valence-electron chi connectivity index (χ3n) is 4.02. The summed E-state index contributed by atoms with van der Waals surface area (Å²) in [5.41, 5.74) is 0.337. The van der Waals surface area contributed by atoms with E-state index in [2.05, 4.69) is 20.5 Å². The molecule has 0 unspecified atom stereocenters. The van der Waals surface area contributed by atoms with Crippen LogP contribution in [0.1, 0.15) is 0 Å². The van der Waals surface area contributed by atoms with Crippen LogP contribution in [-0.4, -0.2) is 38.0 Å². The number of fused-ring (bicyclic) bond motifs is 1. The van der Waals surface area contributed by atoms with Gasteiger partial charge in [-0.05, 0) is 24.3 Å². The predicted octanol–water partition coefficient (Wildman–Crippen LogP) is 3.06. The van der Waals surface area contributed by atoms with Crippen LogP contribution in [0.15, 0.2) is 70.1 Å². The Hall–Kier alpha value is -3.24. The number of benzene rings is 2. The molecular weight excluding hydrogens is 422 g/mol. The van der Waals surface area contributed by atoms with E-state index in [1.807, 2.05) is 36.4 Å². The lowest BCUT2D eigenvalue weighted by Crippen LogP contribution is -2.27. The van der Waals surface area contributed by atoms with E-state index < -0.39 is 0 Å². The maximum Gasteiger partial charge on any atom is 0.261 e. The molecule has 30 heavy (non-hydrogen) atoms. The van der Waals surface area contributed by atoms with Crippen LogP contribution in [0.4, 0.5) is 5.13 Å². The van der Waals surface area contributed by atoms with Gasteiger partial charge in [-0.3, -0.25) is 19.5 Å². The van der Waals surface area contributed by atoms with Crippen molar-refractivity contribution in [2.75, 3.05) is 17.7 Å². The Morgan fingerprint density at radius 3 is 2.77 bits per heavy atom. The summed E-state index contributed by atoms with van der Waals surface area (Å²) in [5, 5.41) is 11.6. The Kier molecular flexibility index (Phi) is 6.35. The highest BCUT2D eigenvalue weighted by Gasteiger charge is 2.11. The summed E-state index contributed by atoms with van der Waals surface area (Å²) < 4.78 is 7.64. The Bertz CT molecular complexity index is 1210. The van der Waals surface area contributed by atoms with Crippen molar-refractivity contribution in [1.29, 1.82) is 0 Å². The summed E-state index contributed by atoms with van der Waals surface area (Å²) in [7, 11) is 0. The number of thioether (sulfide) groups is 1. The zero-order chi connectivity index (χ0) is 20.8. The molecule has 2 aromatic carbocycles. The fourth-order valence-electron chi connectivity index (χ4n) is 2.66. The number of amides is 1. The maximum absolute atomic E-state index is 12.5. The number of carbonyl (C=O) groups excluding carboxylic acids is 1. The van der Waals surface area contributed by atoms with Gasteiger partial charge in [-0.15, -0.1) is 10.2 Å². The van der Waals surface area contributed by atoms with Gasteiger partial charge >= 0.3 is 0 Å². The van der Waals surface area contributed by atoms with Crippen molar-refractivity contribution < 1.29 is 9.53 Å². The summed E-state index contributed by atoms with van der Waals surface area (Å²) in [6, 6.07) is 16.6. The number of anilines is 1. The normalized spacial score (nSPS) is 10.8. The third-order valence-corrected chi connectivity index (χ3v) is 5.96. The Balaban J connectivity index is 1.29. The van der Waals surface area contributed by atoms with E-state index >= 15 is 0 Å². The maximum atomic E-state index is 12.5. The number of ether oxygens (including phenoxy) is 1. The average Bonchev–Trinajstić information content (AvgIpc) is 3.21. The van der Waals surface area contributed by atoms with E-state index in [0.29, 0.717) is 28.4 Å². The molecule has 0 atom stereocenters. The van der Waals surface area contributed by atoms with Gasteiger partial charge < -0.3 is 4.74 Å². The second-order valence-electron chi connectivity index (χ2n) is 6.13. The van der Waals surface area contributed by atoms with Crippen molar-refractivity contribution >= 4 is 45.0 Å². The van der Waals surface area contributed by atoms with Gasteiger partial charge in [0.05, 0.1) is 23.8 Å². The number of nitrogens with zero attached hydrogens (tertiary/aromatic N) is 4. The zero-order valence-corrected chi connectivity index (χ0v) is 17.4. The second-order valence-corrected chi connectivity index (χ2v) is 8.45. The first-order valence-corrected chi connectivity index (χ1v) is 10.9. The number of aromatic nitrogens is 4. The highest BCUT2D eigenvalue weighted by molar-refractivity contribution is 8.01. The molecule has 2 heterocycles. The molecule has 1 amide bonds. The molecule has 4 aromatic rings. The van der Waals surface area contributed by atoms with Crippen LogP contribution in [0.3, 0.4) is 0 Å². The summed E-state index contributed by atoms with van der Waals surface area (Å²) in [4.78, 5) is 29.0. The molecular formula is C20H17N5O3S2. The number of nitrogens with one attached hydrogen (secondary N) is 1. The van der Waals surface area contributed by atoms with Crippen LogP contribution in [0.2, 0.25) is 0 Å². The summed E-state index contributed by atoms with van der Waals surface area (Å²) >= 11 is 2.77. The molecule has 0 aliphatic heterocycles. The lowest BCUT2D eigenvalue weighted by Gasteiger charge is -2.06. The van der Waals surface area contributed by atoms with Crippen LogP contribution < -0.4 is 15.6 Å². The van der Waals surface area contributed by atoms with Gasteiger partial charge in [0.25, 0.3) is 5.56 Å². The van der Waals surface area contributed by atoms with Gasteiger partial charge in [0.15, 0.2) is 4.34 Å². The van der Waals surface area contributed by atoms with Crippen molar-refractivity contribution in [3.05, 3.63) is 71.3 Å². The molecule has 0 fully saturated rings. The highest BCUT2D eigenvalue weighted by atomic mass is 32.2. The molecule has 4 rings (SSSR count). The molecule has 152 valence electrons. The quantitative estimate of drug-likeness (QED) is 0.256. The van der Waals surface area contributed by atoms with Crippen molar-refractivity contribution in [3.63, 3.8) is 0 Å². The summed E-state index contributed by atoms with van der Waals surface area (Å²) in [5.74, 6) is 1.16. The van der Waals surface area contributed by atoms with E-state index in [9.17, 15) is 9.59 Å². The van der Waals surface area contributed by atoms with Crippen molar-refractivity contribution in [1.82, 2.24) is 19.7 Å². The lowest BCUT2D eigenvalue weighted by atomic mass is 10.2. The standard InChI is InChI=1S/C20H17N5O3S2/c26-17(12-25-13-21-16-9-5-4-8-15(16)18(25)27)22-19-23-24-20(30-19)29-11-10-28-14-6-2-1-3-7-14/h1-9,13H,10-12H2,(H,22,23,26). The monoisotopic (exact) mass is 439 g/mol. The van der Waals surface area contributed by atoms with Crippen molar-refractivity contribution in [2.24, 2.45) is 0 Å². The van der Waals surface area contributed by atoms with E-state index in [4.69, 9.17) is 4.74 Å². The van der Waals surface area contributed by atoms with Gasteiger partial charge in [-0.2, -0.15) is 0 Å². The summed E-state index contributed by atoms with van der Waals surface area (Å²) in [6.07, 6.45) is 1.37. The Morgan fingerprint density at radius 2 is 1.90 bits per heavy atom. The second kappa shape index (κ2) is 9.51. The third kappa shape index (κ3) is 5.02. The van der Waals surface area contributed by atoms with Crippen LogP contribution >= 0.6 is 23.1 Å². The molecule has 2 aromatic heterocycles. The van der Waals surface area contributed by atoms with Crippen LogP contribution in [0, 0.1) is 0 Å². The van der Waals surface area contributed by atoms with Gasteiger partial charge in [-0.25, -0.2) is 4.98 Å². The smallest absolute Gasteiger partial charge is 0.261 e. The first kappa shape index (κ1) is 20.0. The molecule has 0 bridgehead atoms. The topological polar surface area (TPSA) is 99.0 Å². The van der Waals surface area contributed by atoms with Crippen LogP contribution in [0.25, 0.3) is 10.9 Å². The molecule has 0 aliphatic carbocycles. The van der Waals surface area contributed by atoms with Gasteiger partial charge in [0.2, 0.25) is 11.0 Å². The van der Waals surface area contributed by atoms with E-state index in [1.54, 1.807) is 18.2 Å². The van der Waals surface area contributed by atoms with Gasteiger partial charge in [-0.1, -0.05) is 53.4 Å². The molecule has 0 saturated carbocycles. The first-order valence-electron chi connectivity index (χ1n) is 9.07. The number of rotatable bonds is 8. The fraction of sp³-hybridized carbons (Fsp3) is 0.150. The SMILES string of the molecule is O=C(Cn1cnc2ccccc2c1=O)Nc1nnc(SCCOc2ccccc2)s1. The van der Waals surface area contributed by atoms with Crippen molar-refractivity contribution in [2.45, 2.75) is 10.9 Å². The van der Waals surface area contributed by atoms with E-state index in [1.165, 1.54) is 34.0 Å². The highest BCUT2D eigenvalue weighted by Crippen LogP contribution is 2.25. The minimum absolute atomic E-state index is 0.149. The van der Waals surface area contributed by atoms with Crippen LogP contribution in [0.5, 0.6) is 5.75 Å². The Morgan fingerprint density at radius 1 is 1.10 bits per heavy atom. The average molecular weight is 440 g/mol. The molecule has 1 N–H and O–H groups in total. The molecule has 0 aliphatic rings. The first-order chi connectivity index (χ1) is 14.7. The number of carbonyl (C=O) groups is 1. The molecule has 0 radical (unpaired) electrons. The zero-order valence-electron chi connectivity index (χ0n) is 15.7.